The van der Waals surface area contributed by atoms with E-state index in [0.29, 0.717) is 92.5 Å². The van der Waals surface area contributed by atoms with Gasteiger partial charge in [-0.15, -0.1) is 0 Å². The van der Waals surface area contributed by atoms with Crippen LogP contribution < -0.4 is 20.7 Å². The third-order valence-electron chi connectivity index (χ3n) is 21.5. The fraction of sp³-hybridized carbons (Fsp3) is 0.476. The standard InChI is InChI=1S/C25H27ClO4.C22H28ClNO6.C22H28ClNO3.C15H18BrNO2/c1-4-16-14-18(17-5-7-19(26)8-6-17)13-15(2)21(16)22-23(27)25(30-24(22)28)11-9-20(29-3)10-12-25;1-5-13-11-14(23)12-16(28-4)17(13)18-19(30-21(26)29-6-2)22(24-20(18)25)9-7-15(27-3)8-10-22;1-5-15-12-16(23)6-7-17(15)18-19(27-21(26)13(2)3)22(24-20(18)25)10-8-14(4)9-11-22;1-5-9-6-8(2)7-10(16)11(9)12-13(18)15(3,4)17-14(12)19/h5-8,13-14,20,27H,4,9-12H2,1-3H3;11-12,15H,5-10H2,1-4H3,(H,24,25);6-7,12-14H,5,8-11H2,1-4H3,(H,24,25);6-7,18H,5H2,1-4H3,(H,17,19). The van der Waals surface area contributed by atoms with Crippen LogP contribution in [0.25, 0.3) is 33.4 Å². The monoisotopic (exact) mass is 1580 g/mol. The Morgan fingerprint density at radius 1 is 0.575 bits per heavy atom. The Kier molecular flexibility index (Phi) is 27.0. The van der Waals surface area contributed by atoms with E-state index in [9.17, 15) is 39.0 Å². The summed E-state index contributed by atoms with van der Waals surface area (Å²) < 4.78 is 39.7. The third-order valence-corrected chi connectivity index (χ3v) is 22.8. The van der Waals surface area contributed by atoms with Crippen LogP contribution in [0, 0.1) is 25.7 Å². The van der Waals surface area contributed by atoms with E-state index in [1.54, 1.807) is 53.2 Å². The van der Waals surface area contributed by atoms with Crippen LogP contribution in [0.5, 0.6) is 5.75 Å². The van der Waals surface area contributed by atoms with Gasteiger partial charge < -0.3 is 59.3 Å². The molecule has 0 atom stereocenters. The maximum Gasteiger partial charge on any atom is 0.513 e. The van der Waals surface area contributed by atoms with Crippen molar-refractivity contribution in [1.29, 1.82) is 0 Å². The van der Waals surface area contributed by atoms with E-state index in [1.165, 1.54) is 7.11 Å². The molecule has 5 N–H and O–H groups in total. The molecule has 0 radical (unpaired) electrons. The summed E-state index contributed by atoms with van der Waals surface area (Å²) in [6, 6.07) is 24.9. The summed E-state index contributed by atoms with van der Waals surface area (Å²) in [5.74, 6) is 0.379. The molecule has 18 nitrogen and oxygen atoms in total. The second-order valence-corrected chi connectivity index (χ2v) is 31.4. The number of halogens is 4. The van der Waals surface area contributed by atoms with Gasteiger partial charge >= 0.3 is 18.1 Å². The van der Waals surface area contributed by atoms with Crippen LogP contribution in [0.1, 0.15) is 202 Å². The lowest BCUT2D eigenvalue weighted by atomic mass is 9.76. The van der Waals surface area contributed by atoms with Crippen molar-refractivity contribution in [3.05, 3.63) is 177 Å². The molecule has 7 aliphatic rings. The highest BCUT2D eigenvalue weighted by molar-refractivity contribution is 9.10. The predicted molar refractivity (Wildman–Crippen MR) is 418 cm³/mol. The second-order valence-electron chi connectivity index (χ2n) is 29.3. The average molecular weight is 1580 g/mol. The molecule has 4 aliphatic heterocycles. The van der Waals surface area contributed by atoms with Gasteiger partial charge in [0.05, 0.1) is 65.2 Å². The molecule has 0 saturated heterocycles. The summed E-state index contributed by atoms with van der Waals surface area (Å²) in [6.45, 7) is 23.4. The molecule has 106 heavy (non-hydrogen) atoms. The lowest BCUT2D eigenvalue weighted by Gasteiger charge is -2.37. The molecule has 4 heterocycles. The van der Waals surface area contributed by atoms with Crippen molar-refractivity contribution >= 4 is 109 Å². The summed E-state index contributed by atoms with van der Waals surface area (Å²) in [6.07, 6.45) is 11.2. The zero-order valence-electron chi connectivity index (χ0n) is 63.5. The highest BCUT2D eigenvalue weighted by Gasteiger charge is 2.54. The SMILES string of the molecule is CCOC(=O)OC1=C(c2c(CC)cc(Cl)cc2OC)C(=O)NC12CCC(OC)CC2.CCc1cc(-c2ccc(Cl)cc2)cc(C)c1C1=C(O)C2(CCC(OC)CC2)OC1=O.CCc1cc(C)cc(Br)c1C1=C(O)C(C)(C)NC1=O.CCc1cc(Cl)ccc1C1=C(OC(=O)C(C)C)C2(CCC(C)CC2)NC1=O. The van der Waals surface area contributed by atoms with E-state index in [-0.39, 0.29) is 65.7 Å². The van der Waals surface area contributed by atoms with Gasteiger partial charge in [0.2, 0.25) is 0 Å². The van der Waals surface area contributed by atoms with Gasteiger partial charge in [-0.05, 0) is 241 Å². The highest BCUT2D eigenvalue weighted by Crippen LogP contribution is 2.51. The number of hydrogen-bond donors (Lipinski definition) is 5. The molecule has 5 aromatic rings. The van der Waals surface area contributed by atoms with Crippen molar-refractivity contribution in [3.63, 3.8) is 0 Å². The van der Waals surface area contributed by atoms with Gasteiger partial charge in [0, 0.05) is 44.9 Å². The van der Waals surface area contributed by atoms with Crippen molar-refractivity contribution in [2.45, 2.75) is 220 Å². The molecule has 12 rings (SSSR count). The summed E-state index contributed by atoms with van der Waals surface area (Å²) in [5, 5.41) is 32.4. The molecule has 0 aromatic heterocycles. The van der Waals surface area contributed by atoms with Gasteiger partial charge in [0.15, 0.2) is 17.1 Å². The number of aliphatic hydroxyl groups excluding tert-OH is 2. The van der Waals surface area contributed by atoms with Crippen molar-refractivity contribution in [3.8, 4) is 16.9 Å². The number of benzene rings is 5. The maximum atomic E-state index is 13.2. The average Bonchev–Trinajstić information content (AvgIpc) is 1.59. The Bertz CT molecular complexity index is 4290. The Balaban J connectivity index is 0.000000166. The Labute approximate surface area is 646 Å². The van der Waals surface area contributed by atoms with Crippen LogP contribution in [-0.4, -0.2) is 108 Å². The molecule has 3 fully saturated rings. The number of nitrogens with one attached hydrogen (secondary N) is 3. The molecule has 3 saturated carbocycles. The summed E-state index contributed by atoms with van der Waals surface area (Å²) in [7, 11) is 4.90. The first-order valence-corrected chi connectivity index (χ1v) is 38.8. The quantitative estimate of drug-likeness (QED) is 0.0456. The fourth-order valence-electron chi connectivity index (χ4n) is 15.5. The Hall–Kier alpha value is -7.65. The predicted octanol–water partition coefficient (Wildman–Crippen LogP) is 18.7. The van der Waals surface area contributed by atoms with Gasteiger partial charge in [0.1, 0.15) is 22.8 Å². The van der Waals surface area contributed by atoms with Crippen molar-refractivity contribution in [2.24, 2.45) is 11.8 Å². The van der Waals surface area contributed by atoms with Crippen molar-refractivity contribution < 1.29 is 72.1 Å². The van der Waals surface area contributed by atoms with E-state index in [0.717, 1.165) is 136 Å². The van der Waals surface area contributed by atoms with E-state index in [2.05, 4.69) is 63.9 Å². The first-order valence-electron chi connectivity index (χ1n) is 36.9. The zero-order chi connectivity index (χ0) is 77.5. The maximum absolute atomic E-state index is 13.2. The Morgan fingerprint density at radius 2 is 1.09 bits per heavy atom. The normalized spacial score (nSPS) is 23.0. The van der Waals surface area contributed by atoms with Crippen LogP contribution >= 0.6 is 50.7 Å². The minimum absolute atomic E-state index is 0.0825. The molecular weight excluding hydrogens is 1480 g/mol. The van der Waals surface area contributed by atoms with Gasteiger partial charge in [-0.2, -0.15) is 0 Å². The number of carbonyl (C=O) groups excluding carboxylic acids is 6. The third kappa shape index (κ3) is 17.4. The number of methoxy groups -OCH3 is 3. The van der Waals surface area contributed by atoms with E-state index >= 15 is 0 Å². The molecule has 3 spiro atoms. The van der Waals surface area contributed by atoms with Crippen LogP contribution in [-0.2, 0) is 78.1 Å². The van der Waals surface area contributed by atoms with Gasteiger partial charge in [-0.3, -0.25) is 19.2 Å². The van der Waals surface area contributed by atoms with E-state index < -0.39 is 34.3 Å². The summed E-state index contributed by atoms with van der Waals surface area (Å²) >= 11 is 21.9. The number of carbonyl (C=O) groups is 6. The number of ether oxygens (including phenoxy) is 7. The molecular formula is C84H101BrCl3N3O15. The number of hydrogen-bond acceptors (Lipinski definition) is 15. The smallest absolute Gasteiger partial charge is 0.509 e. The number of rotatable bonds is 16. The van der Waals surface area contributed by atoms with E-state index in [4.69, 9.17) is 68.0 Å². The van der Waals surface area contributed by atoms with Gasteiger partial charge in [-0.25, -0.2) is 9.59 Å². The minimum atomic E-state index is -0.909. The molecule has 22 heteroatoms. The summed E-state index contributed by atoms with van der Waals surface area (Å²) in [5.41, 5.74) is 9.58. The molecule has 3 amide bonds. The van der Waals surface area contributed by atoms with Crippen molar-refractivity contribution in [2.75, 3.05) is 27.9 Å². The van der Waals surface area contributed by atoms with Gasteiger partial charge in [0.25, 0.3) is 17.7 Å². The molecule has 0 unspecified atom stereocenters. The number of amides is 3. The number of aliphatic hydroxyl groups is 2. The van der Waals surface area contributed by atoms with Gasteiger partial charge in [-0.1, -0.05) is 136 Å². The van der Waals surface area contributed by atoms with Crippen molar-refractivity contribution in [1.82, 2.24) is 16.0 Å². The Morgan fingerprint density at radius 3 is 1.63 bits per heavy atom. The fourth-order valence-corrected chi connectivity index (χ4v) is 16.9. The first-order chi connectivity index (χ1) is 50.3. The van der Waals surface area contributed by atoms with Crippen LogP contribution in [0.2, 0.25) is 15.1 Å². The molecule has 3 aliphatic carbocycles. The van der Waals surface area contributed by atoms with Crippen LogP contribution in [0.15, 0.2) is 106 Å². The zero-order valence-corrected chi connectivity index (χ0v) is 67.4. The van der Waals surface area contributed by atoms with E-state index in [1.807, 2.05) is 90.9 Å². The molecule has 570 valence electrons. The molecule has 0 bridgehead atoms. The molecule has 5 aromatic carbocycles. The lowest BCUT2D eigenvalue weighted by molar-refractivity contribution is -0.152. The largest absolute Gasteiger partial charge is 0.513 e. The minimum Gasteiger partial charge on any atom is -0.509 e. The van der Waals surface area contributed by atoms with Crippen LogP contribution in [0.3, 0.4) is 0 Å². The highest BCUT2D eigenvalue weighted by atomic mass is 79.9. The lowest BCUT2D eigenvalue weighted by Crippen LogP contribution is -2.49. The summed E-state index contributed by atoms with van der Waals surface area (Å²) in [4.78, 5) is 76.2. The second kappa shape index (κ2) is 34.7. The number of aryl methyl sites for hydroxylation is 6. The topological polar surface area (TPSA) is 244 Å². The number of esters is 2. The first kappa shape index (κ1) is 82.4. The van der Waals surface area contributed by atoms with Crippen LogP contribution in [0.4, 0.5) is 4.79 Å².